The zero-order valence-corrected chi connectivity index (χ0v) is 11.3. The predicted octanol–water partition coefficient (Wildman–Crippen LogP) is 3.37. The fraction of sp³-hybridized carbons (Fsp3) is 0.286. The lowest BCUT2D eigenvalue weighted by Crippen LogP contribution is -2.05. The van der Waals surface area contributed by atoms with E-state index in [1.54, 1.807) is 7.11 Å². The molecule has 3 nitrogen and oxygen atoms in total. The van der Waals surface area contributed by atoms with Crippen LogP contribution in [0.3, 0.4) is 0 Å². The van der Waals surface area contributed by atoms with Gasteiger partial charge in [0.05, 0.1) is 12.3 Å². The van der Waals surface area contributed by atoms with E-state index < -0.39 is 0 Å². The van der Waals surface area contributed by atoms with E-state index in [2.05, 4.69) is 0 Å². The van der Waals surface area contributed by atoms with Gasteiger partial charge in [0.2, 0.25) is 0 Å². The number of aromatic nitrogens is 1. The lowest BCUT2D eigenvalue weighted by molar-refractivity contribution is 0.146. The molecule has 0 unspecified atom stereocenters. The van der Waals surface area contributed by atoms with Crippen molar-refractivity contribution < 1.29 is 9.47 Å². The van der Waals surface area contributed by atoms with Gasteiger partial charge in [-0.05, 0) is 24.3 Å². The molecule has 0 amide bonds. The van der Waals surface area contributed by atoms with Gasteiger partial charge in [-0.3, -0.25) is 0 Å². The number of rotatable bonds is 5. The zero-order chi connectivity index (χ0) is 13.0. The van der Waals surface area contributed by atoms with E-state index in [0.29, 0.717) is 18.4 Å². The highest BCUT2D eigenvalue weighted by Crippen LogP contribution is 2.31. The lowest BCUT2D eigenvalue weighted by Gasteiger charge is -2.12. The third kappa shape index (κ3) is 2.68. The fourth-order valence-electron chi connectivity index (χ4n) is 1.80. The topological polar surface area (TPSA) is 23.4 Å². The van der Waals surface area contributed by atoms with E-state index in [1.165, 1.54) is 0 Å². The monoisotopic (exact) mass is 265 g/mol. The van der Waals surface area contributed by atoms with Gasteiger partial charge in [-0.2, -0.15) is 0 Å². The Morgan fingerprint density at radius 2 is 1.89 bits per heavy atom. The number of para-hydroxylation sites is 1. The average Bonchev–Trinajstić information content (AvgIpc) is 2.71. The van der Waals surface area contributed by atoms with Gasteiger partial charge in [0.15, 0.2) is 0 Å². The molecule has 0 aliphatic carbocycles. The molecule has 2 aromatic rings. The van der Waals surface area contributed by atoms with Gasteiger partial charge in [0.25, 0.3) is 0 Å². The summed E-state index contributed by atoms with van der Waals surface area (Å²) in [6, 6.07) is 11.8. The van der Waals surface area contributed by atoms with Crippen LogP contribution in [0.25, 0.3) is 11.3 Å². The Kier molecular flexibility index (Phi) is 4.28. The predicted molar refractivity (Wildman–Crippen MR) is 73.2 cm³/mol. The van der Waals surface area contributed by atoms with Gasteiger partial charge in [0, 0.05) is 19.7 Å². The van der Waals surface area contributed by atoms with Crippen molar-refractivity contribution in [1.29, 1.82) is 0 Å². The molecule has 4 heteroatoms. The Morgan fingerprint density at radius 1 is 1.11 bits per heavy atom. The summed E-state index contributed by atoms with van der Waals surface area (Å²) in [7, 11) is 3.59. The van der Waals surface area contributed by atoms with Crippen molar-refractivity contribution in [3.63, 3.8) is 0 Å². The molecule has 0 saturated carbocycles. The molecule has 0 saturated heterocycles. The van der Waals surface area contributed by atoms with Crippen molar-refractivity contribution in [2.24, 2.45) is 7.05 Å². The molecule has 2 rings (SSSR count). The van der Waals surface area contributed by atoms with Gasteiger partial charge in [-0.1, -0.05) is 23.7 Å². The second-order valence-electron chi connectivity index (χ2n) is 3.94. The van der Waals surface area contributed by atoms with Crippen molar-refractivity contribution in [3.05, 3.63) is 41.6 Å². The van der Waals surface area contributed by atoms with Crippen LogP contribution in [0.2, 0.25) is 5.15 Å². The summed E-state index contributed by atoms with van der Waals surface area (Å²) in [5.74, 6) is 0.840. The van der Waals surface area contributed by atoms with Crippen LogP contribution in [0.15, 0.2) is 36.4 Å². The number of ether oxygens (including phenoxy) is 2. The summed E-state index contributed by atoms with van der Waals surface area (Å²) in [6.45, 7) is 1.11. The quantitative estimate of drug-likeness (QED) is 0.774. The van der Waals surface area contributed by atoms with Crippen LogP contribution in [-0.4, -0.2) is 24.9 Å². The smallest absolute Gasteiger partial charge is 0.128 e. The summed E-state index contributed by atoms with van der Waals surface area (Å²) in [4.78, 5) is 0. The van der Waals surface area contributed by atoms with Crippen molar-refractivity contribution in [2.45, 2.75) is 0 Å². The molecular formula is C14H16ClNO2. The van der Waals surface area contributed by atoms with E-state index in [-0.39, 0.29) is 0 Å². The van der Waals surface area contributed by atoms with Crippen molar-refractivity contribution in [3.8, 4) is 17.0 Å². The Morgan fingerprint density at radius 3 is 2.56 bits per heavy atom. The largest absolute Gasteiger partial charge is 0.490 e. The van der Waals surface area contributed by atoms with E-state index in [1.807, 2.05) is 48.0 Å². The van der Waals surface area contributed by atoms with Crippen molar-refractivity contribution in [2.75, 3.05) is 20.3 Å². The first-order valence-electron chi connectivity index (χ1n) is 5.76. The maximum Gasteiger partial charge on any atom is 0.128 e. The average molecular weight is 266 g/mol. The molecule has 1 aromatic heterocycles. The Labute approximate surface area is 112 Å². The maximum absolute atomic E-state index is 6.06. The molecule has 18 heavy (non-hydrogen) atoms. The summed E-state index contributed by atoms with van der Waals surface area (Å²) >= 11 is 6.06. The molecule has 0 aliphatic rings. The summed E-state index contributed by atoms with van der Waals surface area (Å²) in [5.41, 5.74) is 2.07. The molecule has 0 atom stereocenters. The van der Waals surface area contributed by atoms with Crippen LogP contribution in [-0.2, 0) is 11.8 Å². The number of hydrogen-bond donors (Lipinski definition) is 0. The van der Waals surface area contributed by atoms with Crippen molar-refractivity contribution in [1.82, 2.24) is 4.57 Å². The van der Waals surface area contributed by atoms with Gasteiger partial charge in [0.1, 0.15) is 17.5 Å². The molecular weight excluding hydrogens is 250 g/mol. The minimum Gasteiger partial charge on any atom is -0.490 e. The fourth-order valence-corrected chi connectivity index (χ4v) is 1.95. The molecule has 0 fully saturated rings. The Hall–Kier alpha value is -1.45. The number of halogens is 1. The molecule has 1 aromatic carbocycles. The Bertz CT molecular complexity index is 522. The van der Waals surface area contributed by atoms with Gasteiger partial charge in [-0.25, -0.2) is 0 Å². The highest BCUT2D eigenvalue weighted by atomic mass is 35.5. The van der Waals surface area contributed by atoms with E-state index in [0.717, 1.165) is 17.0 Å². The third-order valence-corrected chi connectivity index (χ3v) is 3.15. The van der Waals surface area contributed by atoms with Crippen LogP contribution >= 0.6 is 11.6 Å². The summed E-state index contributed by atoms with van der Waals surface area (Å²) in [6.07, 6.45) is 0. The van der Waals surface area contributed by atoms with E-state index >= 15 is 0 Å². The number of methoxy groups -OCH3 is 1. The van der Waals surface area contributed by atoms with Crippen molar-refractivity contribution >= 4 is 11.6 Å². The summed E-state index contributed by atoms with van der Waals surface area (Å²) in [5, 5.41) is 0.705. The van der Waals surface area contributed by atoms with E-state index in [9.17, 15) is 0 Å². The molecule has 0 aliphatic heterocycles. The number of benzene rings is 1. The van der Waals surface area contributed by atoms with Gasteiger partial charge in [-0.15, -0.1) is 0 Å². The SMILES string of the molecule is COCCOc1ccccc1-c1ccc(Cl)n1C. The van der Waals surface area contributed by atoms with E-state index in [4.69, 9.17) is 21.1 Å². The normalized spacial score (nSPS) is 10.6. The minimum atomic E-state index is 0.533. The number of hydrogen-bond acceptors (Lipinski definition) is 2. The highest BCUT2D eigenvalue weighted by molar-refractivity contribution is 6.29. The maximum atomic E-state index is 6.06. The third-order valence-electron chi connectivity index (χ3n) is 2.77. The minimum absolute atomic E-state index is 0.533. The molecule has 0 bridgehead atoms. The first-order valence-corrected chi connectivity index (χ1v) is 6.14. The number of nitrogens with zero attached hydrogens (tertiary/aromatic N) is 1. The van der Waals surface area contributed by atoms with Crippen LogP contribution in [0.5, 0.6) is 5.75 Å². The standard InChI is InChI=1S/C14H16ClNO2/c1-16-12(7-8-14(16)15)11-5-3-4-6-13(11)18-10-9-17-2/h3-8H,9-10H2,1-2H3. The molecule has 0 radical (unpaired) electrons. The second-order valence-corrected chi connectivity index (χ2v) is 4.32. The van der Waals surface area contributed by atoms with Crippen LogP contribution in [0.1, 0.15) is 0 Å². The van der Waals surface area contributed by atoms with Crippen LogP contribution < -0.4 is 4.74 Å². The van der Waals surface area contributed by atoms with Crippen LogP contribution in [0.4, 0.5) is 0 Å². The molecule has 96 valence electrons. The first-order chi connectivity index (χ1) is 8.74. The molecule has 0 N–H and O–H groups in total. The lowest BCUT2D eigenvalue weighted by atomic mass is 10.1. The highest BCUT2D eigenvalue weighted by Gasteiger charge is 2.10. The van der Waals surface area contributed by atoms with Gasteiger partial charge < -0.3 is 14.0 Å². The molecule has 1 heterocycles. The van der Waals surface area contributed by atoms with Gasteiger partial charge >= 0.3 is 0 Å². The summed E-state index contributed by atoms with van der Waals surface area (Å²) < 4.78 is 12.6. The first kappa shape index (κ1) is 13.0. The Balaban J connectivity index is 2.30. The zero-order valence-electron chi connectivity index (χ0n) is 10.5. The molecule has 0 spiro atoms. The van der Waals surface area contributed by atoms with Crippen LogP contribution in [0, 0.1) is 0 Å². The second kappa shape index (κ2) is 5.94.